The molecule has 2 aliphatic rings. The number of fused-ring (bicyclic) bond motifs is 1. The number of furan rings is 1. The van der Waals surface area contributed by atoms with Crippen molar-refractivity contribution in [3.05, 3.63) is 82.6 Å². The van der Waals surface area contributed by atoms with Gasteiger partial charge in [-0.15, -0.1) is 0 Å². The number of rotatable bonds is 7. The molecule has 7 nitrogen and oxygen atoms in total. The van der Waals surface area contributed by atoms with Crippen LogP contribution in [0.1, 0.15) is 34.1 Å². The van der Waals surface area contributed by atoms with Crippen molar-refractivity contribution < 1.29 is 28.2 Å². The van der Waals surface area contributed by atoms with Crippen LogP contribution in [0.4, 0.5) is 4.39 Å². The summed E-state index contributed by atoms with van der Waals surface area (Å²) in [5, 5.41) is 11.6. The Balaban J connectivity index is 1.45. The second-order valence-electron chi connectivity index (χ2n) is 9.00. The molecule has 3 aromatic rings. The largest absolute Gasteiger partial charge is 0.503 e. The van der Waals surface area contributed by atoms with Gasteiger partial charge in [-0.05, 0) is 49.2 Å². The molecule has 1 saturated heterocycles. The number of hydrogen-bond donors (Lipinski definition) is 1. The average Bonchev–Trinajstić information content (AvgIpc) is 3.39. The molecule has 5 rings (SSSR count). The number of ether oxygens (including phenoxy) is 1. The van der Waals surface area contributed by atoms with Gasteiger partial charge in [0.05, 0.1) is 24.8 Å². The predicted octanol–water partition coefficient (Wildman–Crippen LogP) is 4.18. The Labute approximate surface area is 202 Å². The molecular weight excluding hydrogens is 451 g/mol. The highest BCUT2D eigenvalue weighted by Crippen LogP contribution is 2.39. The van der Waals surface area contributed by atoms with E-state index in [1.807, 2.05) is 19.1 Å². The van der Waals surface area contributed by atoms with E-state index >= 15 is 0 Å². The standard InChI is InChI=1S/C27H27FN2O5/c1-17-3-8-21-19(15-17)16-22(35-21)25(31)23-24(18-4-6-20(28)7-5-18)30(27(33)26(23)32)10-2-9-29-11-13-34-14-12-29/h3-8,15-16,24,32H,2,9-14H2,1H3. The zero-order valence-corrected chi connectivity index (χ0v) is 19.5. The number of amides is 1. The van der Waals surface area contributed by atoms with E-state index in [1.165, 1.54) is 29.2 Å². The lowest BCUT2D eigenvalue weighted by atomic mass is 9.95. The molecule has 0 radical (unpaired) electrons. The molecule has 1 fully saturated rings. The highest BCUT2D eigenvalue weighted by atomic mass is 19.1. The van der Waals surface area contributed by atoms with Crippen LogP contribution in [-0.4, -0.2) is 66.0 Å². The Bertz CT molecular complexity index is 1290. The van der Waals surface area contributed by atoms with E-state index in [9.17, 15) is 19.1 Å². The molecule has 1 N–H and O–H groups in total. The van der Waals surface area contributed by atoms with Gasteiger partial charge < -0.3 is 19.2 Å². The van der Waals surface area contributed by atoms with E-state index < -0.39 is 29.3 Å². The van der Waals surface area contributed by atoms with E-state index in [0.29, 0.717) is 37.3 Å². The summed E-state index contributed by atoms with van der Waals surface area (Å²) in [4.78, 5) is 30.5. The van der Waals surface area contributed by atoms with Gasteiger partial charge in [-0.25, -0.2) is 4.39 Å². The first-order valence-electron chi connectivity index (χ1n) is 11.8. The van der Waals surface area contributed by atoms with Gasteiger partial charge in [-0.2, -0.15) is 0 Å². The second-order valence-corrected chi connectivity index (χ2v) is 9.00. The van der Waals surface area contributed by atoms with Gasteiger partial charge in [0.15, 0.2) is 11.5 Å². The minimum Gasteiger partial charge on any atom is -0.503 e. The van der Waals surface area contributed by atoms with Crippen LogP contribution in [0.2, 0.25) is 0 Å². The summed E-state index contributed by atoms with van der Waals surface area (Å²) < 4.78 is 24.8. The summed E-state index contributed by atoms with van der Waals surface area (Å²) in [6, 6.07) is 12.0. The van der Waals surface area contributed by atoms with Crippen LogP contribution in [0.3, 0.4) is 0 Å². The number of benzene rings is 2. The van der Waals surface area contributed by atoms with Crippen molar-refractivity contribution >= 4 is 22.7 Å². The van der Waals surface area contributed by atoms with Crippen LogP contribution in [0.25, 0.3) is 11.0 Å². The monoisotopic (exact) mass is 478 g/mol. The molecule has 0 spiro atoms. The first kappa shape index (κ1) is 23.3. The van der Waals surface area contributed by atoms with Crippen molar-refractivity contribution in [2.45, 2.75) is 19.4 Å². The van der Waals surface area contributed by atoms with E-state index in [1.54, 1.807) is 12.1 Å². The van der Waals surface area contributed by atoms with E-state index in [2.05, 4.69) is 4.90 Å². The lowest BCUT2D eigenvalue weighted by molar-refractivity contribution is -0.129. The number of aliphatic hydroxyl groups excluding tert-OH is 1. The van der Waals surface area contributed by atoms with Gasteiger partial charge in [0.2, 0.25) is 5.78 Å². The quantitative estimate of drug-likeness (QED) is 0.513. The SMILES string of the molecule is Cc1ccc2oc(C(=O)C3=C(O)C(=O)N(CCCN4CCOCC4)C3c3ccc(F)cc3)cc2c1. The second kappa shape index (κ2) is 9.64. The summed E-state index contributed by atoms with van der Waals surface area (Å²) in [6.07, 6.45) is 0.655. The molecule has 1 unspecified atom stereocenters. The van der Waals surface area contributed by atoms with Crippen molar-refractivity contribution in [2.24, 2.45) is 0 Å². The highest BCUT2D eigenvalue weighted by molar-refractivity contribution is 6.16. The molecular formula is C27H27FN2O5. The van der Waals surface area contributed by atoms with Crippen molar-refractivity contribution in [1.82, 2.24) is 9.80 Å². The Morgan fingerprint density at radius 2 is 1.83 bits per heavy atom. The average molecular weight is 479 g/mol. The lowest BCUT2D eigenvalue weighted by Gasteiger charge is -2.30. The number of hydrogen-bond acceptors (Lipinski definition) is 6. The van der Waals surface area contributed by atoms with Crippen LogP contribution in [0, 0.1) is 12.7 Å². The topological polar surface area (TPSA) is 83.2 Å². The third-order valence-corrected chi connectivity index (χ3v) is 6.61. The van der Waals surface area contributed by atoms with Gasteiger partial charge in [0.25, 0.3) is 5.91 Å². The van der Waals surface area contributed by atoms with Crippen molar-refractivity contribution in [2.75, 3.05) is 39.4 Å². The fourth-order valence-corrected chi connectivity index (χ4v) is 4.80. The molecule has 182 valence electrons. The van der Waals surface area contributed by atoms with Crippen molar-refractivity contribution in [3.8, 4) is 0 Å². The number of aryl methyl sites for hydroxylation is 1. The molecule has 0 bridgehead atoms. The van der Waals surface area contributed by atoms with E-state index in [0.717, 1.165) is 30.6 Å². The maximum atomic E-state index is 13.7. The molecule has 2 aromatic carbocycles. The van der Waals surface area contributed by atoms with Crippen molar-refractivity contribution in [3.63, 3.8) is 0 Å². The Kier molecular flexibility index (Phi) is 6.40. The number of aliphatic hydroxyl groups is 1. The molecule has 3 heterocycles. The zero-order valence-electron chi connectivity index (χ0n) is 19.5. The van der Waals surface area contributed by atoms with Crippen molar-refractivity contribution in [1.29, 1.82) is 0 Å². The Hall–Kier alpha value is -3.49. The normalized spacial score (nSPS) is 19.2. The molecule has 2 aliphatic heterocycles. The number of morpholine rings is 1. The lowest BCUT2D eigenvalue weighted by Crippen LogP contribution is -2.39. The predicted molar refractivity (Wildman–Crippen MR) is 128 cm³/mol. The minimum absolute atomic E-state index is 0.0437. The van der Waals surface area contributed by atoms with Gasteiger partial charge in [0, 0.05) is 31.6 Å². The number of Topliss-reactive ketones (excluding diaryl/α,β-unsaturated/α-hetero) is 1. The first-order chi connectivity index (χ1) is 16.9. The fraction of sp³-hybridized carbons (Fsp3) is 0.333. The van der Waals surface area contributed by atoms with Gasteiger partial charge in [0.1, 0.15) is 11.4 Å². The smallest absolute Gasteiger partial charge is 0.290 e. The fourth-order valence-electron chi connectivity index (χ4n) is 4.80. The van der Waals surface area contributed by atoms with E-state index in [-0.39, 0.29) is 11.3 Å². The van der Waals surface area contributed by atoms with Crippen LogP contribution in [0.15, 0.2) is 64.3 Å². The molecule has 1 aromatic heterocycles. The van der Waals surface area contributed by atoms with Crippen LogP contribution < -0.4 is 0 Å². The molecule has 1 amide bonds. The van der Waals surface area contributed by atoms with Gasteiger partial charge in [-0.3, -0.25) is 14.5 Å². The first-order valence-corrected chi connectivity index (χ1v) is 11.8. The van der Waals surface area contributed by atoms with Crippen LogP contribution in [0.5, 0.6) is 0 Å². The third kappa shape index (κ3) is 4.59. The van der Waals surface area contributed by atoms with E-state index in [4.69, 9.17) is 9.15 Å². The minimum atomic E-state index is -0.838. The number of ketones is 1. The summed E-state index contributed by atoms with van der Waals surface area (Å²) in [5.41, 5.74) is 2.06. The number of carbonyl (C=O) groups is 2. The van der Waals surface area contributed by atoms with Gasteiger partial charge in [-0.1, -0.05) is 23.8 Å². The Morgan fingerprint density at radius 1 is 1.09 bits per heavy atom. The summed E-state index contributed by atoms with van der Waals surface area (Å²) in [5.74, 6) is -2.15. The molecule has 1 atom stereocenters. The number of halogens is 1. The molecule has 0 aliphatic carbocycles. The van der Waals surface area contributed by atoms with Crippen LogP contribution >= 0.6 is 0 Å². The zero-order chi connectivity index (χ0) is 24.5. The maximum absolute atomic E-state index is 13.7. The molecule has 35 heavy (non-hydrogen) atoms. The maximum Gasteiger partial charge on any atom is 0.290 e. The summed E-state index contributed by atoms with van der Waals surface area (Å²) in [7, 11) is 0. The summed E-state index contributed by atoms with van der Waals surface area (Å²) in [6.45, 7) is 6.05. The Morgan fingerprint density at radius 3 is 2.57 bits per heavy atom. The van der Waals surface area contributed by atoms with Gasteiger partial charge >= 0.3 is 0 Å². The van der Waals surface area contributed by atoms with Crippen LogP contribution in [-0.2, 0) is 9.53 Å². The number of carbonyl (C=O) groups excluding carboxylic acids is 2. The molecule has 8 heteroatoms. The summed E-state index contributed by atoms with van der Waals surface area (Å²) >= 11 is 0. The molecule has 0 saturated carbocycles. The highest BCUT2D eigenvalue weighted by Gasteiger charge is 2.44. The third-order valence-electron chi connectivity index (χ3n) is 6.61. The number of nitrogens with zero attached hydrogens (tertiary/aromatic N) is 2.